The third-order valence-electron chi connectivity index (χ3n) is 4.88. The van der Waals surface area contributed by atoms with E-state index in [9.17, 15) is 13.2 Å². The molecule has 0 bridgehead atoms. The Bertz CT molecular complexity index is 1240. The zero-order valence-electron chi connectivity index (χ0n) is 17.2. The van der Waals surface area contributed by atoms with Gasteiger partial charge in [0.15, 0.2) is 0 Å². The number of hydrogen-bond acceptors (Lipinski definition) is 3. The van der Waals surface area contributed by atoms with E-state index in [2.05, 4.69) is 10.0 Å². The van der Waals surface area contributed by atoms with E-state index in [0.717, 1.165) is 22.3 Å². The molecule has 3 aromatic rings. The van der Waals surface area contributed by atoms with Crippen molar-refractivity contribution in [1.29, 1.82) is 0 Å². The Kier molecular flexibility index (Phi) is 6.19. The summed E-state index contributed by atoms with van der Waals surface area (Å²) in [6, 6.07) is 15.2. The predicted molar refractivity (Wildman–Crippen MR) is 122 cm³/mol. The summed E-state index contributed by atoms with van der Waals surface area (Å²) in [6.07, 6.45) is 0. The molecule has 7 heteroatoms. The van der Waals surface area contributed by atoms with Crippen LogP contribution in [0.25, 0.3) is 0 Å². The van der Waals surface area contributed by atoms with Crippen molar-refractivity contribution in [2.24, 2.45) is 0 Å². The lowest BCUT2D eigenvalue weighted by Crippen LogP contribution is -2.17. The SMILES string of the molecule is Cc1ccc(C)c(NC(=O)c2ccc(Cl)c(S(=O)(=O)Nc3ccc(C)c(C)c3)c2)c1. The molecular formula is C23H23ClN2O3S. The fraction of sp³-hybridized carbons (Fsp3) is 0.174. The molecule has 0 aromatic heterocycles. The number of hydrogen-bond donors (Lipinski definition) is 2. The van der Waals surface area contributed by atoms with E-state index in [1.807, 2.05) is 52.0 Å². The average Bonchev–Trinajstić information content (AvgIpc) is 2.67. The number of aryl methyl sites for hydroxylation is 4. The summed E-state index contributed by atoms with van der Waals surface area (Å²) >= 11 is 6.16. The molecule has 0 aliphatic carbocycles. The molecule has 0 aliphatic rings. The third kappa shape index (κ3) is 4.83. The molecule has 0 saturated carbocycles. The Morgan fingerprint density at radius 3 is 2.23 bits per heavy atom. The van der Waals surface area contributed by atoms with E-state index in [0.29, 0.717) is 11.4 Å². The van der Waals surface area contributed by atoms with Crippen LogP contribution in [0.3, 0.4) is 0 Å². The maximum absolute atomic E-state index is 12.9. The molecule has 3 aromatic carbocycles. The maximum Gasteiger partial charge on any atom is 0.263 e. The zero-order chi connectivity index (χ0) is 22.1. The second-order valence-corrected chi connectivity index (χ2v) is 9.38. The first-order valence-corrected chi connectivity index (χ1v) is 11.2. The van der Waals surface area contributed by atoms with Crippen molar-refractivity contribution < 1.29 is 13.2 Å². The van der Waals surface area contributed by atoms with Crippen LogP contribution in [0.5, 0.6) is 0 Å². The van der Waals surface area contributed by atoms with Crippen molar-refractivity contribution in [3.8, 4) is 0 Å². The predicted octanol–water partition coefficient (Wildman–Crippen LogP) is 5.63. The number of anilines is 2. The van der Waals surface area contributed by atoms with Crippen LogP contribution in [0.4, 0.5) is 11.4 Å². The Hall–Kier alpha value is -2.83. The minimum atomic E-state index is -3.98. The maximum atomic E-state index is 12.9. The molecule has 0 radical (unpaired) electrons. The van der Waals surface area contributed by atoms with Crippen LogP contribution in [0.1, 0.15) is 32.6 Å². The molecule has 0 fully saturated rings. The standard InChI is InChI=1S/C23H23ClN2O3S/c1-14-5-6-16(3)21(11-14)25-23(27)18-8-10-20(24)22(13-18)30(28,29)26-19-9-7-15(2)17(4)12-19/h5-13,26H,1-4H3,(H,25,27). The second-order valence-electron chi connectivity index (χ2n) is 7.32. The van der Waals surface area contributed by atoms with Gasteiger partial charge in [0.2, 0.25) is 0 Å². The highest BCUT2D eigenvalue weighted by Crippen LogP contribution is 2.27. The fourth-order valence-electron chi connectivity index (χ4n) is 2.93. The molecule has 0 spiro atoms. The van der Waals surface area contributed by atoms with Crippen molar-refractivity contribution in [2.75, 3.05) is 10.0 Å². The van der Waals surface area contributed by atoms with Crippen molar-refractivity contribution in [3.63, 3.8) is 0 Å². The number of sulfonamides is 1. The molecule has 3 rings (SSSR count). The molecule has 30 heavy (non-hydrogen) atoms. The normalized spacial score (nSPS) is 11.2. The molecule has 1 amide bonds. The van der Waals surface area contributed by atoms with Gasteiger partial charge in [-0.3, -0.25) is 9.52 Å². The van der Waals surface area contributed by atoms with E-state index in [1.54, 1.807) is 12.1 Å². The Morgan fingerprint density at radius 2 is 1.53 bits per heavy atom. The number of amides is 1. The largest absolute Gasteiger partial charge is 0.322 e. The third-order valence-corrected chi connectivity index (χ3v) is 6.75. The lowest BCUT2D eigenvalue weighted by molar-refractivity contribution is 0.102. The van der Waals surface area contributed by atoms with Gasteiger partial charge in [0.1, 0.15) is 4.90 Å². The summed E-state index contributed by atoms with van der Waals surface area (Å²) in [4.78, 5) is 12.6. The number of halogens is 1. The smallest absolute Gasteiger partial charge is 0.263 e. The lowest BCUT2D eigenvalue weighted by Gasteiger charge is -2.13. The number of carbonyl (C=O) groups is 1. The highest BCUT2D eigenvalue weighted by Gasteiger charge is 2.21. The minimum Gasteiger partial charge on any atom is -0.322 e. The van der Waals surface area contributed by atoms with Crippen LogP contribution in [0.15, 0.2) is 59.5 Å². The monoisotopic (exact) mass is 442 g/mol. The summed E-state index contributed by atoms with van der Waals surface area (Å²) in [7, 11) is -3.98. The van der Waals surface area contributed by atoms with Gasteiger partial charge in [0, 0.05) is 16.9 Å². The fourth-order valence-corrected chi connectivity index (χ4v) is 4.51. The Balaban J connectivity index is 1.91. The van der Waals surface area contributed by atoms with Crippen molar-refractivity contribution in [2.45, 2.75) is 32.6 Å². The van der Waals surface area contributed by atoms with E-state index in [4.69, 9.17) is 11.6 Å². The van der Waals surface area contributed by atoms with Crippen LogP contribution in [-0.2, 0) is 10.0 Å². The minimum absolute atomic E-state index is 0.0367. The number of carbonyl (C=O) groups excluding carboxylic acids is 1. The quantitative estimate of drug-likeness (QED) is 0.537. The molecule has 156 valence electrons. The molecule has 2 N–H and O–H groups in total. The number of nitrogens with one attached hydrogen (secondary N) is 2. The van der Waals surface area contributed by atoms with Gasteiger partial charge in [-0.05, 0) is 86.3 Å². The van der Waals surface area contributed by atoms with Crippen LogP contribution >= 0.6 is 11.6 Å². The van der Waals surface area contributed by atoms with Crippen molar-refractivity contribution in [3.05, 3.63) is 87.4 Å². The first kappa shape index (κ1) is 21.9. The summed E-state index contributed by atoms with van der Waals surface area (Å²) in [5, 5.41) is 2.87. The van der Waals surface area contributed by atoms with E-state index in [-0.39, 0.29) is 15.5 Å². The van der Waals surface area contributed by atoms with E-state index >= 15 is 0 Å². The van der Waals surface area contributed by atoms with Crippen molar-refractivity contribution in [1.82, 2.24) is 0 Å². The van der Waals surface area contributed by atoms with Gasteiger partial charge < -0.3 is 5.32 Å². The molecule has 0 aliphatic heterocycles. The average molecular weight is 443 g/mol. The van der Waals surface area contributed by atoms with E-state index in [1.165, 1.54) is 18.2 Å². The van der Waals surface area contributed by atoms with Gasteiger partial charge in [0.05, 0.1) is 5.02 Å². The van der Waals surface area contributed by atoms with Crippen LogP contribution in [0.2, 0.25) is 5.02 Å². The first-order chi connectivity index (χ1) is 14.1. The van der Waals surface area contributed by atoms with Gasteiger partial charge >= 0.3 is 0 Å². The molecule has 5 nitrogen and oxygen atoms in total. The van der Waals surface area contributed by atoms with Gasteiger partial charge in [0.25, 0.3) is 15.9 Å². The Labute approximate surface area is 182 Å². The van der Waals surface area contributed by atoms with E-state index < -0.39 is 15.9 Å². The van der Waals surface area contributed by atoms with Gasteiger partial charge in [-0.1, -0.05) is 29.8 Å². The second kappa shape index (κ2) is 8.50. The van der Waals surface area contributed by atoms with Crippen LogP contribution in [-0.4, -0.2) is 14.3 Å². The molecule has 0 heterocycles. The number of rotatable bonds is 5. The lowest BCUT2D eigenvalue weighted by atomic mass is 10.1. The zero-order valence-corrected chi connectivity index (χ0v) is 18.8. The topological polar surface area (TPSA) is 75.3 Å². The van der Waals surface area contributed by atoms with Crippen LogP contribution < -0.4 is 10.0 Å². The summed E-state index contributed by atoms with van der Waals surface area (Å²) in [5.74, 6) is -0.414. The highest BCUT2D eigenvalue weighted by atomic mass is 35.5. The summed E-state index contributed by atoms with van der Waals surface area (Å²) in [6.45, 7) is 7.67. The van der Waals surface area contributed by atoms with Gasteiger partial charge in [-0.15, -0.1) is 0 Å². The van der Waals surface area contributed by atoms with Gasteiger partial charge in [-0.2, -0.15) is 0 Å². The molecule has 0 saturated heterocycles. The first-order valence-electron chi connectivity index (χ1n) is 9.35. The summed E-state index contributed by atoms with van der Waals surface area (Å²) < 4.78 is 28.4. The Morgan fingerprint density at radius 1 is 0.833 bits per heavy atom. The molecule has 0 unspecified atom stereocenters. The summed E-state index contributed by atoms with van der Waals surface area (Å²) in [5.41, 5.74) is 5.23. The highest BCUT2D eigenvalue weighted by molar-refractivity contribution is 7.92. The van der Waals surface area contributed by atoms with Crippen LogP contribution in [0, 0.1) is 27.7 Å². The van der Waals surface area contributed by atoms with Gasteiger partial charge in [-0.25, -0.2) is 8.42 Å². The molecule has 0 atom stereocenters. The molecular weight excluding hydrogens is 420 g/mol. The number of benzene rings is 3. The van der Waals surface area contributed by atoms with Crippen molar-refractivity contribution >= 4 is 38.9 Å².